The fraction of sp³-hybridized carbons (Fsp3) is 0.273. The van der Waals surface area contributed by atoms with E-state index in [4.69, 9.17) is 4.74 Å². The highest BCUT2D eigenvalue weighted by molar-refractivity contribution is 5.96. The number of carbonyl (C=O) groups is 1. The lowest BCUT2D eigenvalue weighted by molar-refractivity contribution is 0.0772. The summed E-state index contributed by atoms with van der Waals surface area (Å²) in [5, 5.41) is 1.06. The molecule has 0 saturated carbocycles. The largest absolute Gasteiger partial charge is 0.486 e. The van der Waals surface area contributed by atoms with Crippen molar-refractivity contribution in [3.8, 4) is 5.75 Å². The highest BCUT2D eigenvalue weighted by Crippen LogP contribution is 2.27. The summed E-state index contributed by atoms with van der Waals surface area (Å²) in [5.41, 5.74) is 3.85. The van der Waals surface area contributed by atoms with Crippen LogP contribution in [0.5, 0.6) is 5.75 Å². The second-order valence-electron chi connectivity index (χ2n) is 6.93. The van der Waals surface area contributed by atoms with Crippen LogP contribution >= 0.6 is 0 Å². The van der Waals surface area contributed by atoms with E-state index in [1.807, 2.05) is 61.2 Å². The van der Waals surface area contributed by atoms with Crippen molar-refractivity contribution in [3.63, 3.8) is 0 Å². The monoisotopic (exact) mass is 346 g/mol. The van der Waals surface area contributed by atoms with E-state index in [9.17, 15) is 4.79 Å². The zero-order chi connectivity index (χ0) is 18.1. The summed E-state index contributed by atoms with van der Waals surface area (Å²) in [6.07, 6.45) is 2.61. The van der Waals surface area contributed by atoms with Crippen LogP contribution in [0.2, 0.25) is 0 Å². The third-order valence-corrected chi connectivity index (χ3v) is 4.93. The van der Waals surface area contributed by atoms with Gasteiger partial charge in [-0.15, -0.1) is 0 Å². The Bertz CT molecular complexity index is 962. The Labute approximate surface area is 153 Å². The molecular formula is C22H22N2O2. The molecule has 1 aliphatic heterocycles. The van der Waals surface area contributed by atoms with Crippen molar-refractivity contribution in [2.45, 2.75) is 26.4 Å². The third-order valence-electron chi connectivity index (χ3n) is 4.93. The molecule has 0 bridgehead atoms. The molecule has 4 nitrogen and oxygen atoms in total. The van der Waals surface area contributed by atoms with Crippen LogP contribution in [0.25, 0.3) is 10.9 Å². The number of ether oxygens (including phenoxy) is 1. The lowest BCUT2D eigenvalue weighted by Gasteiger charge is -2.19. The first-order chi connectivity index (χ1) is 12.6. The number of hydrogen-bond donors (Lipinski definition) is 0. The molecule has 132 valence electrons. The molecule has 3 aromatic rings. The Morgan fingerprint density at radius 2 is 2.00 bits per heavy atom. The van der Waals surface area contributed by atoms with Crippen LogP contribution in [-0.2, 0) is 0 Å². The fourth-order valence-corrected chi connectivity index (χ4v) is 3.58. The van der Waals surface area contributed by atoms with Crippen LogP contribution in [0.15, 0.2) is 54.7 Å². The molecule has 2 aromatic carbocycles. The summed E-state index contributed by atoms with van der Waals surface area (Å²) in [5.74, 6) is 0.874. The van der Waals surface area contributed by atoms with Gasteiger partial charge in [0.25, 0.3) is 5.91 Å². The van der Waals surface area contributed by atoms with Gasteiger partial charge in [0.2, 0.25) is 0 Å². The molecule has 2 heterocycles. The molecule has 4 rings (SSSR count). The topological polar surface area (TPSA) is 42.4 Å². The number of aryl methyl sites for hydroxylation is 2. The average Bonchev–Trinajstić information content (AvgIpc) is 3.10. The maximum Gasteiger partial charge on any atom is 0.254 e. The van der Waals surface area contributed by atoms with Crippen LogP contribution in [0.1, 0.15) is 27.9 Å². The Morgan fingerprint density at radius 3 is 2.85 bits per heavy atom. The van der Waals surface area contributed by atoms with Crippen molar-refractivity contribution < 1.29 is 9.53 Å². The van der Waals surface area contributed by atoms with Crippen LogP contribution < -0.4 is 4.74 Å². The van der Waals surface area contributed by atoms with Gasteiger partial charge in [0.05, 0.1) is 6.54 Å². The minimum Gasteiger partial charge on any atom is -0.486 e. The van der Waals surface area contributed by atoms with E-state index < -0.39 is 0 Å². The quantitative estimate of drug-likeness (QED) is 0.716. The van der Waals surface area contributed by atoms with Crippen molar-refractivity contribution in [2.75, 3.05) is 13.1 Å². The van der Waals surface area contributed by atoms with Gasteiger partial charge >= 0.3 is 0 Å². The number of nitrogens with zero attached hydrogens (tertiary/aromatic N) is 2. The second kappa shape index (κ2) is 6.79. The Morgan fingerprint density at radius 1 is 1.15 bits per heavy atom. The fourth-order valence-electron chi connectivity index (χ4n) is 3.58. The predicted octanol–water partition coefficient (Wildman–Crippen LogP) is 4.15. The lowest BCUT2D eigenvalue weighted by atomic mass is 10.0. The maximum absolute atomic E-state index is 12.8. The summed E-state index contributed by atoms with van der Waals surface area (Å²) in [4.78, 5) is 19.2. The Balaban J connectivity index is 1.49. The zero-order valence-corrected chi connectivity index (χ0v) is 15.1. The van der Waals surface area contributed by atoms with Crippen LogP contribution in [0, 0.1) is 13.8 Å². The molecule has 0 aliphatic carbocycles. The molecule has 26 heavy (non-hydrogen) atoms. The van der Waals surface area contributed by atoms with Gasteiger partial charge in [-0.1, -0.05) is 35.9 Å². The number of likely N-dealkylation sites (tertiary alicyclic amines) is 1. The lowest BCUT2D eigenvalue weighted by Crippen LogP contribution is -2.31. The van der Waals surface area contributed by atoms with Gasteiger partial charge < -0.3 is 9.64 Å². The van der Waals surface area contributed by atoms with Gasteiger partial charge in [-0.2, -0.15) is 0 Å². The molecule has 0 N–H and O–H groups in total. The molecule has 1 unspecified atom stereocenters. The van der Waals surface area contributed by atoms with Crippen molar-refractivity contribution >= 4 is 16.8 Å². The molecule has 0 radical (unpaired) electrons. The van der Waals surface area contributed by atoms with E-state index in [1.165, 1.54) is 5.56 Å². The molecule has 1 aromatic heterocycles. The second-order valence-corrected chi connectivity index (χ2v) is 6.93. The number of rotatable bonds is 3. The molecule has 0 spiro atoms. The minimum atomic E-state index is -0.00249. The van der Waals surface area contributed by atoms with E-state index in [2.05, 4.69) is 11.1 Å². The van der Waals surface area contributed by atoms with E-state index in [0.717, 1.165) is 40.7 Å². The summed E-state index contributed by atoms with van der Waals surface area (Å²) >= 11 is 0. The number of hydrogen-bond acceptors (Lipinski definition) is 3. The van der Waals surface area contributed by atoms with Crippen LogP contribution in [-0.4, -0.2) is 35.0 Å². The highest BCUT2D eigenvalue weighted by atomic mass is 16.5. The molecule has 1 amide bonds. The number of benzene rings is 2. The van der Waals surface area contributed by atoms with Gasteiger partial charge in [0.1, 0.15) is 17.4 Å². The third kappa shape index (κ3) is 3.15. The summed E-state index contributed by atoms with van der Waals surface area (Å²) in [6, 6.07) is 15.9. The normalized spacial score (nSPS) is 16.8. The summed E-state index contributed by atoms with van der Waals surface area (Å²) < 4.78 is 6.20. The minimum absolute atomic E-state index is 0.00249. The van der Waals surface area contributed by atoms with E-state index in [0.29, 0.717) is 6.54 Å². The maximum atomic E-state index is 12.8. The first-order valence-corrected chi connectivity index (χ1v) is 8.99. The number of aromatic nitrogens is 1. The van der Waals surface area contributed by atoms with Crippen molar-refractivity contribution in [2.24, 2.45) is 0 Å². The van der Waals surface area contributed by atoms with Crippen LogP contribution in [0.4, 0.5) is 0 Å². The van der Waals surface area contributed by atoms with E-state index in [1.54, 1.807) is 6.20 Å². The standard InChI is InChI=1S/C22H22N2O2/c1-15-8-9-19(16(2)13-15)22(25)24-12-10-18(14-24)26-20-7-3-5-17-6-4-11-23-21(17)20/h3-9,11,13,18H,10,12,14H2,1-2H3. The Kier molecular flexibility index (Phi) is 4.33. The zero-order valence-electron chi connectivity index (χ0n) is 15.1. The molecule has 1 atom stereocenters. The number of carbonyl (C=O) groups excluding carboxylic acids is 1. The van der Waals surface area contributed by atoms with Crippen molar-refractivity contribution in [3.05, 3.63) is 71.4 Å². The first kappa shape index (κ1) is 16.6. The molecule has 4 heteroatoms. The Hall–Kier alpha value is -2.88. The average molecular weight is 346 g/mol. The van der Waals surface area contributed by atoms with Crippen molar-refractivity contribution in [1.29, 1.82) is 0 Å². The predicted molar refractivity (Wildman–Crippen MR) is 103 cm³/mol. The van der Waals surface area contributed by atoms with Gasteiger partial charge in [0, 0.05) is 30.1 Å². The highest BCUT2D eigenvalue weighted by Gasteiger charge is 2.29. The van der Waals surface area contributed by atoms with Crippen LogP contribution in [0.3, 0.4) is 0 Å². The molecular weight excluding hydrogens is 324 g/mol. The van der Waals surface area contributed by atoms with E-state index >= 15 is 0 Å². The van der Waals surface area contributed by atoms with E-state index in [-0.39, 0.29) is 12.0 Å². The van der Waals surface area contributed by atoms with Crippen molar-refractivity contribution in [1.82, 2.24) is 9.88 Å². The number of amides is 1. The van der Waals surface area contributed by atoms with Gasteiger partial charge in [-0.05, 0) is 37.6 Å². The SMILES string of the molecule is Cc1ccc(C(=O)N2CCC(Oc3cccc4cccnc34)C2)c(C)c1. The van der Waals surface area contributed by atoms with Gasteiger partial charge in [0.15, 0.2) is 0 Å². The molecule has 1 saturated heterocycles. The number of fused-ring (bicyclic) bond motifs is 1. The summed E-state index contributed by atoms with van der Waals surface area (Å²) in [6.45, 7) is 5.36. The summed E-state index contributed by atoms with van der Waals surface area (Å²) in [7, 11) is 0. The molecule has 1 aliphatic rings. The van der Waals surface area contributed by atoms with Gasteiger partial charge in [-0.3, -0.25) is 9.78 Å². The first-order valence-electron chi connectivity index (χ1n) is 8.99. The number of pyridine rings is 1. The number of para-hydroxylation sites is 1. The molecule has 1 fully saturated rings. The smallest absolute Gasteiger partial charge is 0.254 e. The van der Waals surface area contributed by atoms with Gasteiger partial charge in [-0.25, -0.2) is 0 Å².